The van der Waals surface area contributed by atoms with Gasteiger partial charge in [-0.1, -0.05) is 62.4 Å². The molecule has 0 saturated heterocycles. The Kier molecular flexibility index (Phi) is 7.57. The van der Waals surface area contributed by atoms with Crippen molar-refractivity contribution in [1.29, 1.82) is 0 Å². The quantitative estimate of drug-likeness (QED) is 0.425. The molecule has 1 amide bonds. The summed E-state index contributed by atoms with van der Waals surface area (Å²) in [6.45, 7) is 5.88. The number of pyridine rings is 1. The molecular weight excluding hydrogens is 425 g/mol. The van der Waals surface area contributed by atoms with E-state index in [1.165, 1.54) is 6.07 Å². The molecule has 3 nitrogen and oxygen atoms in total. The first kappa shape index (κ1) is 24.5. The number of nitrogens with one attached hydrogen (secondary N) is 1. The fourth-order valence-corrected chi connectivity index (χ4v) is 3.88. The number of aromatic nitrogens is 1. The standard InChI is InChI=1S/C27H29F3N2O/c1-19(2)15-16-25(33)32-26(18-21-10-5-4-6-11-21,24-14-7-9-20(3)31-24)22-12-8-13-23(17-22)27(28,29)30/h4-14,17,19H,15-16,18H2,1-3H3,(H,32,33). The normalized spacial score (nSPS) is 13.5. The number of aryl methyl sites for hydroxylation is 1. The number of nitrogens with zero attached hydrogens (tertiary/aromatic N) is 1. The van der Waals surface area contributed by atoms with Gasteiger partial charge in [-0.3, -0.25) is 9.78 Å². The van der Waals surface area contributed by atoms with Crippen LogP contribution in [0.1, 0.15) is 54.8 Å². The summed E-state index contributed by atoms with van der Waals surface area (Å²) in [6.07, 6.45) is -3.29. The average molecular weight is 455 g/mol. The van der Waals surface area contributed by atoms with Gasteiger partial charge in [0.15, 0.2) is 0 Å². The first-order chi connectivity index (χ1) is 15.6. The van der Waals surface area contributed by atoms with Crippen molar-refractivity contribution in [3.63, 3.8) is 0 Å². The van der Waals surface area contributed by atoms with E-state index in [0.717, 1.165) is 17.7 Å². The molecule has 0 aliphatic heterocycles. The van der Waals surface area contributed by atoms with Crippen LogP contribution in [0.4, 0.5) is 13.2 Å². The number of carbonyl (C=O) groups is 1. The third-order valence-electron chi connectivity index (χ3n) is 5.62. The van der Waals surface area contributed by atoms with Crippen molar-refractivity contribution in [3.8, 4) is 0 Å². The van der Waals surface area contributed by atoms with E-state index in [1.54, 1.807) is 12.1 Å². The van der Waals surface area contributed by atoms with Crippen LogP contribution < -0.4 is 5.32 Å². The number of amides is 1. The molecule has 0 spiro atoms. The van der Waals surface area contributed by atoms with Crippen LogP contribution >= 0.6 is 0 Å². The Labute approximate surface area is 193 Å². The summed E-state index contributed by atoms with van der Waals surface area (Å²) in [5, 5.41) is 3.10. The number of hydrogen-bond donors (Lipinski definition) is 1. The molecule has 0 radical (unpaired) electrons. The van der Waals surface area contributed by atoms with Gasteiger partial charge in [-0.2, -0.15) is 13.2 Å². The molecule has 1 N–H and O–H groups in total. The number of hydrogen-bond acceptors (Lipinski definition) is 2. The second-order valence-corrected chi connectivity index (χ2v) is 8.79. The van der Waals surface area contributed by atoms with E-state index < -0.39 is 17.3 Å². The lowest BCUT2D eigenvalue weighted by atomic mass is 9.79. The Morgan fingerprint density at radius 3 is 2.24 bits per heavy atom. The molecular formula is C27H29F3N2O. The zero-order valence-corrected chi connectivity index (χ0v) is 19.1. The van der Waals surface area contributed by atoms with Gasteiger partial charge >= 0.3 is 6.18 Å². The lowest BCUT2D eigenvalue weighted by Crippen LogP contribution is -2.49. The van der Waals surface area contributed by atoms with Crippen LogP contribution in [0, 0.1) is 12.8 Å². The molecule has 1 unspecified atom stereocenters. The number of carbonyl (C=O) groups excluding carboxylic acids is 1. The number of rotatable bonds is 8. The highest BCUT2D eigenvalue weighted by Crippen LogP contribution is 2.37. The number of alkyl halides is 3. The summed E-state index contributed by atoms with van der Waals surface area (Å²) in [5.41, 5.74) is 0.417. The zero-order valence-electron chi connectivity index (χ0n) is 19.1. The topological polar surface area (TPSA) is 42.0 Å². The van der Waals surface area contributed by atoms with Gasteiger partial charge in [0.05, 0.1) is 11.3 Å². The maximum atomic E-state index is 13.6. The minimum atomic E-state index is -4.50. The minimum Gasteiger partial charge on any atom is -0.341 e. The molecule has 3 aromatic rings. The molecule has 3 rings (SSSR count). The highest BCUT2D eigenvalue weighted by Gasteiger charge is 2.40. The Bertz CT molecular complexity index is 1080. The van der Waals surface area contributed by atoms with Crippen LogP contribution in [0.25, 0.3) is 0 Å². The highest BCUT2D eigenvalue weighted by molar-refractivity contribution is 5.78. The maximum Gasteiger partial charge on any atom is 0.416 e. The number of halogens is 3. The van der Waals surface area contributed by atoms with Crippen LogP contribution in [-0.2, 0) is 22.9 Å². The molecule has 1 atom stereocenters. The van der Waals surface area contributed by atoms with Crippen molar-refractivity contribution >= 4 is 5.91 Å². The van der Waals surface area contributed by atoms with Crippen molar-refractivity contribution in [2.24, 2.45) is 5.92 Å². The molecule has 174 valence electrons. The van der Waals surface area contributed by atoms with E-state index in [4.69, 9.17) is 0 Å². The predicted octanol–water partition coefficient (Wildman–Crippen LogP) is 6.45. The molecule has 33 heavy (non-hydrogen) atoms. The molecule has 0 aliphatic carbocycles. The zero-order chi connectivity index (χ0) is 24.1. The summed E-state index contributed by atoms with van der Waals surface area (Å²) < 4.78 is 40.9. The lowest BCUT2D eigenvalue weighted by Gasteiger charge is -2.36. The first-order valence-electron chi connectivity index (χ1n) is 11.1. The average Bonchev–Trinajstić information content (AvgIpc) is 2.77. The summed E-state index contributed by atoms with van der Waals surface area (Å²) in [4.78, 5) is 17.8. The van der Waals surface area contributed by atoms with Gasteiger partial charge in [0.25, 0.3) is 0 Å². The SMILES string of the molecule is Cc1cccc(C(Cc2ccccc2)(NC(=O)CCC(C)C)c2cccc(C(F)(F)F)c2)n1. The van der Waals surface area contributed by atoms with Gasteiger partial charge in [-0.15, -0.1) is 0 Å². The second kappa shape index (κ2) is 10.2. The lowest BCUT2D eigenvalue weighted by molar-refractivity contribution is -0.137. The smallest absolute Gasteiger partial charge is 0.341 e. The third kappa shape index (κ3) is 6.21. The molecule has 0 bridgehead atoms. The van der Waals surface area contributed by atoms with Gasteiger partial charge in [0, 0.05) is 18.5 Å². The Hall–Kier alpha value is -3.15. The van der Waals surface area contributed by atoms with Crippen LogP contribution in [0.15, 0.2) is 72.8 Å². The Morgan fingerprint density at radius 1 is 0.939 bits per heavy atom. The van der Waals surface area contributed by atoms with Gasteiger partial charge in [-0.05, 0) is 54.7 Å². The maximum absolute atomic E-state index is 13.6. The van der Waals surface area contributed by atoms with Crippen LogP contribution in [-0.4, -0.2) is 10.9 Å². The van der Waals surface area contributed by atoms with Crippen LogP contribution in [0.3, 0.4) is 0 Å². The molecule has 0 fully saturated rings. The third-order valence-corrected chi connectivity index (χ3v) is 5.62. The van der Waals surface area contributed by atoms with Crippen molar-refractivity contribution < 1.29 is 18.0 Å². The molecule has 1 aromatic heterocycles. The van der Waals surface area contributed by atoms with Gasteiger partial charge in [0.1, 0.15) is 5.54 Å². The molecule has 0 aliphatic rings. The minimum absolute atomic E-state index is 0.222. The molecule has 1 heterocycles. The van der Waals surface area contributed by atoms with Crippen molar-refractivity contribution in [2.45, 2.75) is 51.7 Å². The van der Waals surface area contributed by atoms with Crippen molar-refractivity contribution in [3.05, 3.63) is 101 Å². The van der Waals surface area contributed by atoms with E-state index in [2.05, 4.69) is 10.3 Å². The van der Waals surface area contributed by atoms with E-state index in [0.29, 0.717) is 29.3 Å². The largest absolute Gasteiger partial charge is 0.416 e. The highest BCUT2D eigenvalue weighted by atomic mass is 19.4. The summed E-state index contributed by atoms with van der Waals surface area (Å²) >= 11 is 0. The Balaban J connectivity index is 2.21. The predicted molar refractivity (Wildman–Crippen MR) is 124 cm³/mol. The van der Waals surface area contributed by atoms with Crippen molar-refractivity contribution in [2.75, 3.05) is 0 Å². The van der Waals surface area contributed by atoms with E-state index in [-0.39, 0.29) is 18.7 Å². The molecule has 2 aromatic carbocycles. The van der Waals surface area contributed by atoms with Crippen molar-refractivity contribution in [1.82, 2.24) is 10.3 Å². The molecule has 6 heteroatoms. The van der Waals surface area contributed by atoms with E-state index in [9.17, 15) is 18.0 Å². The fraction of sp³-hybridized carbons (Fsp3) is 0.333. The second-order valence-electron chi connectivity index (χ2n) is 8.79. The molecule has 0 saturated carbocycles. The number of benzene rings is 2. The van der Waals surface area contributed by atoms with Gasteiger partial charge < -0.3 is 5.32 Å². The van der Waals surface area contributed by atoms with Gasteiger partial charge in [0.2, 0.25) is 5.91 Å². The van der Waals surface area contributed by atoms with E-state index >= 15 is 0 Å². The van der Waals surface area contributed by atoms with E-state index in [1.807, 2.05) is 63.2 Å². The first-order valence-corrected chi connectivity index (χ1v) is 11.1. The van der Waals surface area contributed by atoms with Crippen LogP contribution in [0.2, 0.25) is 0 Å². The summed E-state index contributed by atoms with van der Waals surface area (Å²) in [7, 11) is 0. The van der Waals surface area contributed by atoms with Crippen LogP contribution in [0.5, 0.6) is 0 Å². The fourth-order valence-electron chi connectivity index (χ4n) is 3.88. The summed E-state index contributed by atoms with van der Waals surface area (Å²) in [5.74, 6) is 0.102. The summed E-state index contributed by atoms with van der Waals surface area (Å²) in [6, 6.07) is 20.0. The Morgan fingerprint density at radius 2 is 1.61 bits per heavy atom. The van der Waals surface area contributed by atoms with Gasteiger partial charge in [-0.25, -0.2) is 0 Å². The monoisotopic (exact) mass is 454 g/mol.